The van der Waals surface area contributed by atoms with Gasteiger partial charge in [-0.2, -0.15) is 0 Å². The van der Waals surface area contributed by atoms with Crippen LogP contribution < -0.4 is 10.2 Å². The third kappa shape index (κ3) is 1.95. The van der Waals surface area contributed by atoms with Crippen molar-refractivity contribution in [2.24, 2.45) is 0 Å². The number of fused-ring (bicyclic) bond motifs is 1. The van der Waals surface area contributed by atoms with Crippen molar-refractivity contribution in [2.75, 3.05) is 30.4 Å². The summed E-state index contributed by atoms with van der Waals surface area (Å²) in [5.74, 6) is -0.460. The molecule has 1 amide bonds. The van der Waals surface area contributed by atoms with E-state index in [9.17, 15) is 9.59 Å². The van der Waals surface area contributed by atoms with Crippen LogP contribution in [0.4, 0.5) is 11.4 Å². The first-order chi connectivity index (χ1) is 8.17. The number of nitrogens with zero attached hydrogens (tertiary/aromatic N) is 1. The lowest BCUT2D eigenvalue weighted by Gasteiger charge is -2.31. The predicted octanol–water partition coefficient (Wildman–Crippen LogP) is 1.25. The van der Waals surface area contributed by atoms with Gasteiger partial charge in [-0.1, -0.05) is 6.07 Å². The number of para-hydroxylation sites is 1. The number of hydrogen-bond donors (Lipinski definition) is 1. The molecule has 0 radical (unpaired) electrons. The lowest BCUT2D eigenvalue weighted by atomic mass is 10.1. The number of hydrogen-bond acceptors (Lipinski definition) is 4. The number of carbonyl (C=O) groups is 2. The zero-order chi connectivity index (χ0) is 12.4. The molecule has 0 aliphatic carbocycles. The normalized spacial score (nSPS) is 14.0. The number of likely N-dealkylation sites (N-methyl/N-ethyl adjacent to an activating group) is 1. The summed E-state index contributed by atoms with van der Waals surface area (Å²) in [4.78, 5) is 25.0. The number of benzene rings is 1. The number of carbonyl (C=O) groups excluding carboxylic acids is 2. The molecule has 0 bridgehead atoms. The maximum Gasteiger partial charge on any atom is 0.340 e. The van der Waals surface area contributed by atoms with Crippen LogP contribution in [0, 0.1) is 0 Å². The second kappa shape index (κ2) is 4.45. The Labute approximate surface area is 99.4 Å². The van der Waals surface area contributed by atoms with Gasteiger partial charge in [0.25, 0.3) is 0 Å². The molecule has 1 aromatic carbocycles. The number of anilines is 2. The van der Waals surface area contributed by atoms with E-state index in [1.165, 1.54) is 7.11 Å². The van der Waals surface area contributed by atoms with Crippen molar-refractivity contribution in [3.8, 4) is 0 Å². The summed E-state index contributed by atoms with van der Waals surface area (Å²) in [5, 5.41) is 2.76. The topological polar surface area (TPSA) is 58.6 Å². The summed E-state index contributed by atoms with van der Waals surface area (Å²) in [5.41, 5.74) is 1.87. The van der Waals surface area contributed by atoms with Crippen molar-refractivity contribution in [3.05, 3.63) is 23.8 Å². The van der Waals surface area contributed by atoms with E-state index >= 15 is 0 Å². The highest BCUT2D eigenvalue weighted by Crippen LogP contribution is 2.33. The third-order valence-electron chi connectivity index (χ3n) is 2.75. The van der Waals surface area contributed by atoms with E-state index in [4.69, 9.17) is 4.74 Å². The molecule has 17 heavy (non-hydrogen) atoms. The number of amides is 1. The summed E-state index contributed by atoms with van der Waals surface area (Å²) < 4.78 is 4.74. The number of ether oxygens (including phenoxy) is 1. The Bertz CT molecular complexity index is 471. The lowest BCUT2D eigenvalue weighted by molar-refractivity contribution is -0.115. The van der Waals surface area contributed by atoms with Crippen LogP contribution in [0.15, 0.2) is 18.2 Å². The zero-order valence-corrected chi connectivity index (χ0v) is 9.82. The predicted molar refractivity (Wildman–Crippen MR) is 64.3 cm³/mol. The van der Waals surface area contributed by atoms with E-state index in [-0.39, 0.29) is 12.5 Å². The van der Waals surface area contributed by atoms with Gasteiger partial charge in [0.1, 0.15) is 0 Å². The van der Waals surface area contributed by atoms with Crippen LogP contribution in [0.3, 0.4) is 0 Å². The summed E-state index contributed by atoms with van der Waals surface area (Å²) >= 11 is 0. The molecule has 1 heterocycles. The number of esters is 1. The molecule has 0 aromatic heterocycles. The van der Waals surface area contributed by atoms with Crippen LogP contribution in [-0.2, 0) is 9.53 Å². The highest BCUT2D eigenvalue weighted by atomic mass is 16.5. The van der Waals surface area contributed by atoms with Gasteiger partial charge in [-0.15, -0.1) is 0 Å². The second-order valence-electron chi connectivity index (χ2n) is 3.76. The van der Waals surface area contributed by atoms with Gasteiger partial charge in [-0.3, -0.25) is 4.79 Å². The molecule has 1 N–H and O–H groups in total. The van der Waals surface area contributed by atoms with Crippen molar-refractivity contribution in [3.63, 3.8) is 0 Å². The minimum atomic E-state index is -0.392. The monoisotopic (exact) mass is 234 g/mol. The van der Waals surface area contributed by atoms with E-state index < -0.39 is 5.97 Å². The van der Waals surface area contributed by atoms with Crippen molar-refractivity contribution in [2.45, 2.75) is 6.92 Å². The zero-order valence-electron chi connectivity index (χ0n) is 9.82. The molecular formula is C12H14N2O3. The molecule has 5 heteroatoms. The van der Waals surface area contributed by atoms with E-state index in [0.29, 0.717) is 17.8 Å². The molecule has 0 fully saturated rings. The van der Waals surface area contributed by atoms with Gasteiger partial charge >= 0.3 is 5.97 Å². The molecule has 1 aromatic rings. The Morgan fingerprint density at radius 2 is 2.29 bits per heavy atom. The van der Waals surface area contributed by atoms with E-state index in [1.807, 2.05) is 11.8 Å². The first-order valence-electron chi connectivity index (χ1n) is 5.43. The van der Waals surface area contributed by atoms with Crippen molar-refractivity contribution >= 4 is 23.3 Å². The van der Waals surface area contributed by atoms with Crippen molar-refractivity contribution in [1.82, 2.24) is 0 Å². The lowest BCUT2D eigenvalue weighted by Crippen LogP contribution is -2.39. The highest BCUT2D eigenvalue weighted by molar-refractivity contribution is 6.07. The Morgan fingerprint density at radius 3 is 2.94 bits per heavy atom. The van der Waals surface area contributed by atoms with E-state index in [2.05, 4.69) is 5.32 Å². The Balaban J connectivity index is 2.54. The molecule has 1 aliphatic heterocycles. The van der Waals surface area contributed by atoms with Gasteiger partial charge in [0.15, 0.2) is 0 Å². The fourth-order valence-corrected chi connectivity index (χ4v) is 1.97. The number of nitrogens with one attached hydrogen (secondary N) is 1. The molecule has 0 unspecified atom stereocenters. The molecule has 0 saturated heterocycles. The molecule has 90 valence electrons. The average Bonchev–Trinajstić information content (AvgIpc) is 2.35. The van der Waals surface area contributed by atoms with Crippen molar-refractivity contribution in [1.29, 1.82) is 0 Å². The summed E-state index contributed by atoms with van der Waals surface area (Å²) in [6, 6.07) is 5.21. The van der Waals surface area contributed by atoms with Gasteiger partial charge in [-0.25, -0.2) is 4.79 Å². The molecule has 0 saturated carbocycles. The quantitative estimate of drug-likeness (QED) is 0.782. The Kier molecular flexibility index (Phi) is 2.99. The van der Waals surface area contributed by atoms with E-state index in [1.54, 1.807) is 18.2 Å². The molecule has 5 nitrogen and oxygen atoms in total. The molecule has 0 atom stereocenters. The number of methoxy groups -OCH3 is 1. The maximum atomic E-state index is 11.7. The van der Waals surface area contributed by atoms with Crippen LogP contribution in [0.5, 0.6) is 0 Å². The molecular weight excluding hydrogens is 220 g/mol. The van der Waals surface area contributed by atoms with Crippen LogP contribution in [0.1, 0.15) is 17.3 Å². The van der Waals surface area contributed by atoms with Gasteiger partial charge in [-0.05, 0) is 19.1 Å². The highest BCUT2D eigenvalue weighted by Gasteiger charge is 2.26. The average molecular weight is 234 g/mol. The van der Waals surface area contributed by atoms with Gasteiger partial charge in [0, 0.05) is 6.54 Å². The first-order valence-corrected chi connectivity index (χ1v) is 5.43. The minimum Gasteiger partial charge on any atom is -0.465 e. The fraction of sp³-hybridized carbons (Fsp3) is 0.333. The minimum absolute atomic E-state index is 0.0682. The standard InChI is InChI=1S/C12H14N2O3/c1-3-14-7-10(15)13-9-6-4-5-8(11(9)14)12(16)17-2/h4-6H,3,7H2,1-2H3,(H,13,15). The summed E-state index contributed by atoms with van der Waals surface area (Å²) in [6.07, 6.45) is 0. The number of rotatable bonds is 2. The van der Waals surface area contributed by atoms with Crippen molar-refractivity contribution < 1.29 is 14.3 Å². The van der Waals surface area contributed by atoms with Gasteiger partial charge in [0.05, 0.1) is 30.6 Å². The molecule has 1 aliphatic rings. The summed E-state index contributed by atoms with van der Waals surface area (Å²) in [7, 11) is 1.35. The Hall–Kier alpha value is -2.04. The first kappa shape index (κ1) is 11.4. The third-order valence-corrected chi connectivity index (χ3v) is 2.75. The fourth-order valence-electron chi connectivity index (χ4n) is 1.97. The van der Waals surface area contributed by atoms with E-state index in [0.717, 1.165) is 5.69 Å². The van der Waals surface area contributed by atoms with Gasteiger partial charge < -0.3 is 15.0 Å². The van der Waals surface area contributed by atoms with Crippen LogP contribution >= 0.6 is 0 Å². The largest absolute Gasteiger partial charge is 0.465 e. The molecule has 2 rings (SSSR count). The maximum absolute atomic E-state index is 11.7. The van der Waals surface area contributed by atoms with Crippen LogP contribution in [0.2, 0.25) is 0 Å². The van der Waals surface area contributed by atoms with Gasteiger partial charge in [0.2, 0.25) is 5.91 Å². The SMILES string of the molecule is CCN1CC(=O)Nc2cccc(C(=O)OC)c21. The summed E-state index contributed by atoms with van der Waals surface area (Å²) in [6.45, 7) is 2.86. The second-order valence-corrected chi connectivity index (χ2v) is 3.76. The molecule has 0 spiro atoms. The smallest absolute Gasteiger partial charge is 0.340 e. The Morgan fingerprint density at radius 1 is 1.53 bits per heavy atom. The van der Waals surface area contributed by atoms with Crippen LogP contribution in [0.25, 0.3) is 0 Å². The van der Waals surface area contributed by atoms with Crippen LogP contribution in [-0.4, -0.2) is 32.1 Å².